The number of ketones is 1. The molecule has 0 aromatic rings. The van der Waals surface area contributed by atoms with E-state index in [-0.39, 0.29) is 54.3 Å². The first-order chi connectivity index (χ1) is 26.7. The number of allylic oxidation sites excluding steroid dienone is 8. The van der Waals surface area contributed by atoms with E-state index in [4.69, 9.17) is 19.1 Å². The van der Waals surface area contributed by atoms with Gasteiger partial charge in [0.15, 0.2) is 5.78 Å². The van der Waals surface area contributed by atoms with Crippen molar-refractivity contribution < 1.29 is 77.3 Å². The van der Waals surface area contributed by atoms with Crippen LogP contribution in [0.1, 0.15) is 168 Å². The summed E-state index contributed by atoms with van der Waals surface area (Å²) < 4.78 is 33.0. The van der Waals surface area contributed by atoms with Crippen molar-refractivity contribution in [3.8, 4) is 0 Å². The fraction of sp³-hybridized carbons (Fsp3) is 0.773. The average molecular weight is 819 g/mol. The van der Waals surface area contributed by atoms with E-state index >= 15 is 0 Å². The molecule has 10 nitrogen and oxygen atoms in total. The second-order valence-corrected chi connectivity index (χ2v) is 16.3. The minimum absolute atomic E-state index is 0. The zero-order valence-corrected chi connectivity index (χ0v) is 38.3. The van der Waals surface area contributed by atoms with Crippen LogP contribution in [0.4, 0.5) is 0 Å². The molecule has 0 saturated carbocycles. The smallest absolute Gasteiger partial charge is 0.756 e. The summed E-state index contributed by atoms with van der Waals surface area (Å²) in [6.45, 7) is 3.07. The molecule has 0 aromatic heterocycles. The number of ether oxygens (including phenoxy) is 2. The minimum atomic E-state index is -4.81. The number of hydrogen-bond acceptors (Lipinski definition) is 10. The van der Waals surface area contributed by atoms with Crippen LogP contribution in [0.3, 0.4) is 0 Å². The van der Waals surface area contributed by atoms with Crippen LogP contribution in [0.5, 0.6) is 0 Å². The molecule has 0 spiro atoms. The van der Waals surface area contributed by atoms with Crippen molar-refractivity contribution in [2.75, 3.05) is 33.0 Å². The Labute approximate surface area is 362 Å². The van der Waals surface area contributed by atoms with Crippen molar-refractivity contribution in [1.29, 1.82) is 0 Å². The van der Waals surface area contributed by atoms with Crippen LogP contribution in [0.25, 0.3) is 0 Å². The largest absolute Gasteiger partial charge is 1.00 e. The third-order valence-electron chi connectivity index (χ3n) is 9.66. The van der Waals surface area contributed by atoms with E-state index < -0.39 is 45.8 Å². The molecule has 1 rings (SSSR count). The molecule has 0 aliphatic heterocycles. The first kappa shape index (κ1) is 55.1. The van der Waals surface area contributed by atoms with Gasteiger partial charge in [-0.05, 0) is 44.6 Å². The van der Waals surface area contributed by atoms with Crippen molar-refractivity contribution in [3.63, 3.8) is 0 Å². The van der Waals surface area contributed by atoms with Gasteiger partial charge < -0.3 is 33.6 Å². The number of aliphatic hydroxyl groups is 2. The molecule has 0 bridgehead atoms. The maximum absolute atomic E-state index is 12.7. The molecule has 0 amide bonds. The van der Waals surface area contributed by atoms with Crippen LogP contribution in [0.15, 0.2) is 48.1 Å². The minimum Gasteiger partial charge on any atom is -0.756 e. The molecular weight excluding hydrogens is 742 g/mol. The molecular formula is C44H76NaO10P. The Morgan fingerprint density at radius 3 is 1.95 bits per heavy atom. The molecule has 2 N–H and O–H groups in total. The van der Waals surface area contributed by atoms with E-state index in [1.165, 1.54) is 96.3 Å². The van der Waals surface area contributed by atoms with Gasteiger partial charge in [-0.25, -0.2) is 0 Å². The van der Waals surface area contributed by atoms with Gasteiger partial charge >= 0.3 is 35.5 Å². The Morgan fingerprint density at radius 2 is 1.34 bits per heavy atom. The molecule has 0 saturated heterocycles. The summed E-state index contributed by atoms with van der Waals surface area (Å²) in [6.07, 6.45) is 38.2. The molecule has 4 atom stereocenters. The Hall–Kier alpha value is -0.910. The van der Waals surface area contributed by atoms with Gasteiger partial charge in [0.25, 0.3) is 7.82 Å². The van der Waals surface area contributed by atoms with Gasteiger partial charge in [0.2, 0.25) is 0 Å². The fourth-order valence-electron chi connectivity index (χ4n) is 6.27. The van der Waals surface area contributed by atoms with Gasteiger partial charge in [0, 0.05) is 24.5 Å². The van der Waals surface area contributed by atoms with Gasteiger partial charge in [0.1, 0.15) is 12.2 Å². The number of esters is 1. The van der Waals surface area contributed by atoms with Crippen molar-refractivity contribution in [1.82, 2.24) is 0 Å². The monoisotopic (exact) mass is 819 g/mol. The zero-order chi connectivity index (χ0) is 40.2. The summed E-state index contributed by atoms with van der Waals surface area (Å²) in [5.41, 5.74) is 0.794. The third kappa shape index (κ3) is 32.0. The number of carbonyl (C=O) groups is 2. The average Bonchev–Trinajstić information content (AvgIpc) is 3.52. The normalized spacial score (nSPS) is 17.2. The van der Waals surface area contributed by atoms with Crippen molar-refractivity contribution >= 4 is 19.6 Å². The number of phosphoric acid groups is 1. The summed E-state index contributed by atoms with van der Waals surface area (Å²) in [6, 6.07) is 0. The topological polar surface area (TPSA) is 152 Å². The summed E-state index contributed by atoms with van der Waals surface area (Å²) in [5.74, 6) is -0.401. The van der Waals surface area contributed by atoms with Crippen molar-refractivity contribution in [2.24, 2.45) is 5.92 Å². The van der Waals surface area contributed by atoms with E-state index in [2.05, 4.69) is 24.4 Å². The van der Waals surface area contributed by atoms with E-state index in [0.717, 1.165) is 37.7 Å². The second-order valence-electron chi connectivity index (χ2n) is 14.8. The maximum atomic E-state index is 12.7. The first-order valence-electron chi connectivity index (χ1n) is 21.6. The van der Waals surface area contributed by atoms with E-state index in [9.17, 15) is 24.2 Å². The number of carbonyl (C=O) groups excluding carboxylic acids is 2. The van der Waals surface area contributed by atoms with Crippen molar-refractivity contribution in [2.45, 2.75) is 180 Å². The SMILES string of the molecule is CCCCC/C=C/C=C1\C(=O)C=C[C@H]1C/C=C/CCCC(=O)O[C@H](COCCCCCCCCCCCCCCCCCC)COP(=O)([O-])OC[C@@H](O)CO.[Na+]. The quantitative estimate of drug-likeness (QED) is 0.0167. The zero-order valence-electron chi connectivity index (χ0n) is 35.4. The molecule has 0 aromatic carbocycles. The number of phosphoric ester groups is 1. The second kappa shape index (κ2) is 38.3. The molecule has 1 aliphatic rings. The predicted octanol–water partition coefficient (Wildman–Crippen LogP) is 6.97. The maximum Gasteiger partial charge on any atom is 1.00 e. The summed E-state index contributed by atoms with van der Waals surface area (Å²) >= 11 is 0. The number of aliphatic hydroxyl groups excluding tert-OH is 2. The first-order valence-corrected chi connectivity index (χ1v) is 23.1. The molecule has 318 valence electrons. The Balaban J connectivity index is 0.0000302. The third-order valence-corrected chi connectivity index (χ3v) is 10.6. The Morgan fingerprint density at radius 1 is 0.786 bits per heavy atom. The van der Waals surface area contributed by atoms with Crippen LogP contribution in [-0.4, -0.2) is 67.2 Å². The van der Waals surface area contributed by atoms with Crippen LogP contribution in [-0.2, 0) is 32.7 Å². The molecule has 0 fully saturated rings. The molecule has 0 radical (unpaired) electrons. The van der Waals surface area contributed by atoms with Gasteiger partial charge in [-0.2, -0.15) is 0 Å². The Kier molecular flexibility index (Phi) is 37.7. The molecule has 12 heteroatoms. The van der Waals surface area contributed by atoms with Gasteiger partial charge in [-0.1, -0.05) is 159 Å². The standard InChI is InChI=1S/C44H77O10P.Na/c1-3-5-7-9-11-12-13-14-15-16-17-18-19-20-24-28-34-51-37-41(38-53-55(49,50)52-36-40(46)35-45)54-44(48)31-27-23-22-25-29-39-32-33-43(47)42(39)30-26-21-10-8-6-4-2;/h21-22,25-26,30,32-33,39-41,45-46H,3-20,23-24,27-29,31,34-38H2,1-2H3,(H,49,50);/q;+1/p-1/b25-22+,26-21+,42-30-;/t39-,40+,41-;/m1./s1. The van der Waals surface area contributed by atoms with E-state index in [0.29, 0.717) is 25.9 Å². The van der Waals surface area contributed by atoms with Crippen LogP contribution < -0.4 is 34.5 Å². The summed E-state index contributed by atoms with van der Waals surface area (Å²) in [4.78, 5) is 37.1. The molecule has 0 heterocycles. The predicted molar refractivity (Wildman–Crippen MR) is 219 cm³/mol. The Bertz CT molecular complexity index is 1140. The van der Waals surface area contributed by atoms with Crippen LogP contribution in [0.2, 0.25) is 0 Å². The van der Waals surface area contributed by atoms with Crippen molar-refractivity contribution in [3.05, 3.63) is 48.1 Å². The van der Waals surface area contributed by atoms with Gasteiger partial charge in [-0.3, -0.25) is 14.2 Å². The van der Waals surface area contributed by atoms with Gasteiger partial charge in [0.05, 0.1) is 26.4 Å². The van der Waals surface area contributed by atoms with Gasteiger partial charge in [-0.15, -0.1) is 0 Å². The van der Waals surface area contributed by atoms with E-state index in [1.54, 1.807) is 6.08 Å². The number of unbranched alkanes of at least 4 members (excludes halogenated alkanes) is 19. The molecule has 1 aliphatic carbocycles. The fourth-order valence-corrected chi connectivity index (χ4v) is 7.05. The molecule has 56 heavy (non-hydrogen) atoms. The molecule has 1 unspecified atom stereocenters. The number of rotatable bonds is 38. The summed E-state index contributed by atoms with van der Waals surface area (Å²) in [5, 5.41) is 18.3. The number of hydrogen-bond donors (Lipinski definition) is 2. The van der Waals surface area contributed by atoms with E-state index in [1.807, 2.05) is 30.4 Å². The summed E-state index contributed by atoms with van der Waals surface area (Å²) in [7, 11) is -4.81. The van der Waals surface area contributed by atoms with Crippen LogP contribution >= 0.6 is 7.82 Å². The van der Waals surface area contributed by atoms with Crippen LogP contribution in [0, 0.1) is 5.92 Å².